The van der Waals surface area contributed by atoms with E-state index in [0.717, 1.165) is 12.8 Å². The molecule has 25 heavy (non-hydrogen) atoms. The third kappa shape index (κ3) is 4.84. The molecule has 1 aliphatic rings. The molecule has 1 aliphatic heterocycles. The molecule has 0 saturated carbocycles. The van der Waals surface area contributed by atoms with E-state index in [2.05, 4.69) is 4.72 Å². The Morgan fingerprint density at radius 3 is 2.68 bits per heavy atom. The molecular weight excluding hydrogens is 366 g/mol. The normalized spacial score (nSPS) is 19.0. The number of sulfonamides is 1. The van der Waals surface area contributed by atoms with Gasteiger partial charge in [-0.25, -0.2) is 13.1 Å². The molecule has 9 heteroatoms. The van der Waals surface area contributed by atoms with Crippen molar-refractivity contribution in [3.05, 3.63) is 23.8 Å². The number of piperidine rings is 1. The lowest BCUT2D eigenvalue weighted by atomic mass is 9.92. The number of nitrogens with zero attached hydrogens (tertiary/aromatic N) is 1. The Kier molecular flexibility index (Phi) is 7.67. The number of carbonyl (C=O) groups excluding carboxylic acids is 1. The van der Waals surface area contributed by atoms with Gasteiger partial charge >= 0.3 is 0 Å². The van der Waals surface area contributed by atoms with Crippen LogP contribution in [0.3, 0.4) is 0 Å². The molecule has 7 nitrogen and oxygen atoms in total. The predicted octanol–water partition coefficient (Wildman–Crippen LogP) is 1.22. The summed E-state index contributed by atoms with van der Waals surface area (Å²) in [7, 11) is -1.00. The van der Waals surface area contributed by atoms with Gasteiger partial charge in [0.15, 0.2) is 0 Å². The fraction of sp³-hybridized carbons (Fsp3) is 0.562. The van der Waals surface area contributed by atoms with Gasteiger partial charge in [0.2, 0.25) is 10.0 Å². The maximum absolute atomic E-state index is 12.8. The molecule has 0 aromatic heterocycles. The van der Waals surface area contributed by atoms with Crippen molar-refractivity contribution in [3.8, 4) is 5.75 Å². The summed E-state index contributed by atoms with van der Waals surface area (Å²) in [5.41, 5.74) is 6.29. The molecule has 0 bridgehead atoms. The number of rotatable bonds is 5. The molecule has 2 unspecified atom stereocenters. The Hall–Kier alpha value is -1.35. The van der Waals surface area contributed by atoms with Gasteiger partial charge in [0.1, 0.15) is 10.6 Å². The van der Waals surface area contributed by atoms with Crippen molar-refractivity contribution in [1.29, 1.82) is 0 Å². The van der Waals surface area contributed by atoms with E-state index < -0.39 is 10.0 Å². The zero-order chi connectivity index (χ0) is 17.9. The van der Waals surface area contributed by atoms with E-state index in [1.807, 2.05) is 6.92 Å². The van der Waals surface area contributed by atoms with Gasteiger partial charge in [0, 0.05) is 24.7 Å². The number of carbonyl (C=O) groups is 1. The Labute approximate surface area is 155 Å². The highest BCUT2D eigenvalue weighted by atomic mass is 35.5. The topological polar surface area (TPSA) is 102 Å². The number of ether oxygens (including phenoxy) is 1. The minimum Gasteiger partial charge on any atom is -0.495 e. The van der Waals surface area contributed by atoms with Crippen LogP contribution < -0.4 is 15.2 Å². The van der Waals surface area contributed by atoms with Gasteiger partial charge in [0.25, 0.3) is 5.91 Å². The molecule has 0 aliphatic carbocycles. The van der Waals surface area contributed by atoms with Gasteiger partial charge in [-0.15, -0.1) is 12.4 Å². The number of halogens is 1. The highest BCUT2D eigenvalue weighted by Crippen LogP contribution is 2.26. The molecule has 142 valence electrons. The molecule has 2 atom stereocenters. The first kappa shape index (κ1) is 21.7. The Bertz CT molecular complexity index is 709. The molecule has 1 aromatic carbocycles. The maximum Gasteiger partial charge on any atom is 0.253 e. The largest absolute Gasteiger partial charge is 0.495 e. The van der Waals surface area contributed by atoms with Crippen molar-refractivity contribution in [2.75, 3.05) is 27.2 Å². The number of nitrogens with one attached hydrogen (secondary N) is 1. The summed E-state index contributed by atoms with van der Waals surface area (Å²) in [4.78, 5) is 14.5. The molecule has 1 amide bonds. The number of hydrogen-bond acceptors (Lipinski definition) is 5. The van der Waals surface area contributed by atoms with E-state index in [0.29, 0.717) is 18.7 Å². The van der Waals surface area contributed by atoms with Gasteiger partial charge in [-0.1, -0.05) is 0 Å². The van der Waals surface area contributed by atoms with Crippen molar-refractivity contribution in [2.45, 2.75) is 30.7 Å². The summed E-state index contributed by atoms with van der Waals surface area (Å²) < 4.78 is 31.6. The van der Waals surface area contributed by atoms with Gasteiger partial charge in [-0.2, -0.15) is 0 Å². The van der Waals surface area contributed by atoms with Crippen LogP contribution in [0.25, 0.3) is 0 Å². The van der Waals surface area contributed by atoms with Crippen LogP contribution in [0.2, 0.25) is 0 Å². The number of amides is 1. The zero-order valence-corrected chi connectivity index (χ0v) is 16.3. The fourth-order valence-corrected chi connectivity index (χ4v) is 3.85. The van der Waals surface area contributed by atoms with Crippen LogP contribution in [-0.4, -0.2) is 52.5 Å². The minimum atomic E-state index is -3.72. The first-order valence-electron chi connectivity index (χ1n) is 7.96. The Morgan fingerprint density at radius 1 is 1.44 bits per heavy atom. The maximum atomic E-state index is 12.8. The molecule has 1 heterocycles. The summed E-state index contributed by atoms with van der Waals surface area (Å²) >= 11 is 0. The highest BCUT2D eigenvalue weighted by Gasteiger charge is 2.28. The number of nitrogens with two attached hydrogens (primary N) is 1. The summed E-state index contributed by atoms with van der Waals surface area (Å²) in [6.45, 7) is 3.20. The van der Waals surface area contributed by atoms with E-state index >= 15 is 0 Å². The number of methoxy groups -OCH3 is 1. The van der Waals surface area contributed by atoms with Crippen molar-refractivity contribution >= 4 is 28.3 Å². The first-order chi connectivity index (χ1) is 11.3. The van der Waals surface area contributed by atoms with Crippen LogP contribution in [-0.2, 0) is 10.0 Å². The monoisotopic (exact) mass is 391 g/mol. The summed E-state index contributed by atoms with van der Waals surface area (Å²) in [5, 5.41) is 0. The highest BCUT2D eigenvalue weighted by molar-refractivity contribution is 7.89. The lowest BCUT2D eigenvalue weighted by molar-refractivity contribution is 0.0660. The van der Waals surface area contributed by atoms with E-state index in [4.69, 9.17) is 10.5 Å². The molecular formula is C16H26ClN3O4S. The average molecular weight is 392 g/mol. The van der Waals surface area contributed by atoms with Gasteiger partial charge in [0.05, 0.1) is 7.11 Å². The third-order valence-electron chi connectivity index (χ3n) is 4.46. The second-order valence-electron chi connectivity index (χ2n) is 6.09. The van der Waals surface area contributed by atoms with Gasteiger partial charge < -0.3 is 15.4 Å². The van der Waals surface area contributed by atoms with Crippen LogP contribution in [0.1, 0.15) is 30.1 Å². The van der Waals surface area contributed by atoms with Crippen molar-refractivity contribution in [2.24, 2.45) is 11.7 Å². The van der Waals surface area contributed by atoms with Crippen LogP contribution >= 0.6 is 12.4 Å². The smallest absolute Gasteiger partial charge is 0.253 e. The van der Waals surface area contributed by atoms with Crippen LogP contribution in [0.5, 0.6) is 5.75 Å². The number of likely N-dealkylation sites (tertiary alicyclic amines) is 1. The molecule has 2 rings (SSSR count). The van der Waals surface area contributed by atoms with Crippen LogP contribution in [0, 0.1) is 5.92 Å². The summed E-state index contributed by atoms with van der Waals surface area (Å²) in [5.74, 6) is 0.282. The lowest BCUT2D eigenvalue weighted by Crippen LogP contribution is -2.45. The number of benzene rings is 1. The molecule has 1 fully saturated rings. The first-order valence-corrected chi connectivity index (χ1v) is 9.45. The quantitative estimate of drug-likeness (QED) is 0.785. The van der Waals surface area contributed by atoms with E-state index in [9.17, 15) is 13.2 Å². The summed E-state index contributed by atoms with van der Waals surface area (Å²) in [6, 6.07) is 4.48. The van der Waals surface area contributed by atoms with Crippen molar-refractivity contribution in [1.82, 2.24) is 9.62 Å². The second-order valence-corrected chi connectivity index (χ2v) is 7.94. The average Bonchev–Trinajstić information content (AvgIpc) is 2.60. The lowest BCUT2D eigenvalue weighted by Gasteiger charge is -2.34. The van der Waals surface area contributed by atoms with E-state index in [1.165, 1.54) is 26.3 Å². The standard InChI is InChI=1S/C16H25N3O4S.ClH/c1-11(17)13-5-4-8-19(10-13)16(20)12-6-7-14(23-3)15(9-12)24(21,22)18-2;/h6-7,9,11,13,18H,4-5,8,10,17H2,1-3H3;1H. The molecule has 1 saturated heterocycles. The van der Waals surface area contributed by atoms with Crippen LogP contribution in [0.4, 0.5) is 0 Å². The summed E-state index contributed by atoms with van der Waals surface area (Å²) in [6.07, 6.45) is 1.90. The minimum absolute atomic E-state index is 0. The Morgan fingerprint density at radius 2 is 2.12 bits per heavy atom. The number of hydrogen-bond donors (Lipinski definition) is 2. The second kappa shape index (κ2) is 8.84. The van der Waals surface area contributed by atoms with Crippen molar-refractivity contribution in [3.63, 3.8) is 0 Å². The van der Waals surface area contributed by atoms with Gasteiger partial charge in [-0.3, -0.25) is 4.79 Å². The van der Waals surface area contributed by atoms with Crippen LogP contribution in [0.15, 0.2) is 23.1 Å². The molecule has 0 spiro atoms. The molecule has 0 radical (unpaired) electrons. The van der Waals surface area contributed by atoms with E-state index in [1.54, 1.807) is 11.0 Å². The molecule has 3 N–H and O–H groups in total. The Balaban J connectivity index is 0.00000312. The fourth-order valence-electron chi connectivity index (χ4n) is 2.94. The third-order valence-corrected chi connectivity index (χ3v) is 5.89. The van der Waals surface area contributed by atoms with E-state index in [-0.39, 0.29) is 40.9 Å². The predicted molar refractivity (Wildman–Crippen MR) is 98.8 cm³/mol. The van der Waals surface area contributed by atoms with Crippen molar-refractivity contribution < 1.29 is 17.9 Å². The van der Waals surface area contributed by atoms with Gasteiger partial charge in [-0.05, 0) is 50.9 Å². The SMILES string of the molecule is CNS(=O)(=O)c1cc(C(=O)N2CCCC(C(C)N)C2)ccc1OC.Cl. The molecule has 1 aromatic rings. The zero-order valence-electron chi connectivity index (χ0n) is 14.7.